The van der Waals surface area contributed by atoms with Gasteiger partial charge in [0.1, 0.15) is 0 Å². The van der Waals surface area contributed by atoms with Crippen molar-refractivity contribution >= 4 is 37.9 Å². The molecule has 0 nitrogen and oxygen atoms in total. The number of hydrogen-bond donors (Lipinski definition) is 0. The van der Waals surface area contributed by atoms with E-state index >= 15 is 0 Å². The van der Waals surface area contributed by atoms with Gasteiger partial charge in [-0.05, 0) is 108 Å². The molecule has 7 aromatic carbocycles. The molecule has 0 radical (unpaired) electrons. The lowest BCUT2D eigenvalue weighted by Crippen LogP contribution is -1.94. The van der Waals surface area contributed by atoms with Gasteiger partial charge in [-0.3, -0.25) is 0 Å². The van der Waals surface area contributed by atoms with Gasteiger partial charge in [-0.1, -0.05) is 140 Å². The molecule has 0 heterocycles. The molecule has 1 aliphatic rings. The first kappa shape index (κ1) is 24.6. The Bertz CT molecular complexity index is 2110. The quantitative estimate of drug-likeness (QED) is 0.197. The summed E-state index contributed by atoms with van der Waals surface area (Å²) in [5.41, 5.74) is 10.2. The van der Waals surface area contributed by atoms with Crippen LogP contribution in [0.25, 0.3) is 71.3 Å². The van der Waals surface area contributed by atoms with Gasteiger partial charge in [-0.15, -0.1) is 0 Å². The molecule has 0 amide bonds. The van der Waals surface area contributed by atoms with Crippen LogP contribution in [0.4, 0.5) is 0 Å². The fourth-order valence-corrected chi connectivity index (χ4v) is 6.74. The van der Waals surface area contributed by atoms with Crippen LogP contribution in [0.1, 0.15) is 18.4 Å². The molecule has 0 saturated heterocycles. The topological polar surface area (TPSA) is 0 Å². The first-order chi connectivity index (χ1) is 20.8. The molecular formula is C42H30. The van der Waals surface area contributed by atoms with E-state index in [2.05, 4.69) is 158 Å². The van der Waals surface area contributed by atoms with E-state index in [9.17, 15) is 0 Å². The van der Waals surface area contributed by atoms with Gasteiger partial charge in [-0.2, -0.15) is 0 Å². The van der Waals surface area contributed by atoms with Crippen molar-refractivity contribution in [3.63, 3.8) is 0 Å². The molecule has 0 fully saturated rings. The Hall–Kier alpha value is -5.20. The Kier molecular flexibility index (Phi) is 6.04. The molecule has 7 aromatic rings. The molecule has 0 aromatic heterocycles. The van der Waals surface area contributed by atoms with E-state index in [1.807, 2.05) is 0 Å². The molecular weight excluding hydrogens is 504 g/mol. The molecule has 0 N–H and O–H groups in total. The summed E-state index contributed by atoms with van der Waals surface area (Å²) in [6.45, 7) is 0. The lowest BCUT2D eigenvalue weighted by molar-refractivity contribution is 1.04. The minimum absolute atomic E-state index is 1.09. The average Bonchev–Trinajstić information content (AvgIpc) is 3.07. The van der Waals surface area contributed by atoms with E-state index in [1.165, 1.54) is 76.8 Å². The van der Waals surface area contributed by atoms with Crippen LogP contribution in [0.5, 0.6) is 0 Å². The fraction of sp³-hybridized carbons (Fsp3) is 0.0476. The Labute approximate surface area is 246 Å². The summed E-state index contributed by atoms with van der Waals surface area (Å²) < 4.78 is 0. The van der Waals surface area contributed by atoms with Crippen LogP contribution in [0.2, 0.25) is 0 Å². The number of rotatable bonds is 4. The average molecular weight is 535 g/mol. The van der Waals surface area contributed by atoms with E-state index in [0.29, 0.717) is 0 Å². The van der Waals surface area contributed by atoms with E-state index in [1.54, 1.807) is 0 Å². The molecule has 42 heavy (non-hydrogen) atoms. The second-order valence-electron chi connectivity index (χ2n) is 11.2. The van der Waals surface area contributed by atoms with Gasteiger partial charge in [0.25, 0.3) is 0 Å². The molecule has 0 saturated carbocycles. The summed E-state index contributed by atoms with van der Waals surface area (Å²) in [6.07, 6.45) is 9.17. The third-order valence-corrected chi connectivity index (χ3v) is 8.65. The largest absolute Gasteiger partial charge is 0.0836 e. The summed E-state index contributed by atoms with van der Waals surface area (Å²) in [4.78, 5) is 0. The van der Waals surface area contributed by atoms with Crippen molar-refractivity contribution in [3.05, 3.63) is 163 Å². The molecule has 0 bridgehead atoms. The number of allylic oxidation sites excluding steroid dienone is 4. The van der Waals surface area contributed by atoms with Gasteiger partial charge < -0.3 is 0 Å². The van der Waals surface area contributed by atoms with Crippen molar-refractivity contribution in [3.8, 4) is 33.4 Å². The van der Waals surface area contributed by atoms with Crippen LogP contribution >= 0.6 is 0 Å². The highest BCUT2D eigenvalue weighted by Gasteiger charge is 2.19. The minimum Gasteiger partial charge on any atom is -0.0836 e. The van der Waals surface area contributed by atoms with Crippen molar-refractivity contribution in [1.82, 2.24) is 0 Å². The van der Waals surface area contributed by atoms with Crippen LogP contribution in [-0.4, -0.2) is 0 Å². The number of hydrogen-bond acceptors (Lipinski definition) is 0. The second kappa shape index (κ2) is 10.3. The van der Waals surface area contributed by atoms with Gasteiger partial charge >= 0.3 is 0 Å². The lowest BCUT2D eigenvalue weighted by atomic mass is 9.83. The minimum atomic E-state index is 1.09. The van der Waals surface area contributed by atoms with E-state index in [4.69, 9.17) is 0 Å². The third kappa shape index (κ3) is 4.16. The second-order valence-corrected chi connectivity index (χ2v) is 11.2. The van der Waals surface area contributed by atoms with Gasteiger partial charge in [0, 0.05) is 0 Å². The highest BCUT2D eigenvalue weighted by Crippen LogP contribution is 2.46. The summed E-state index contributed by atoms with van der Waals surface area (Å²) in [5.74, 6) is 0. The summed E-state index contributed by atoms with van der Waals surface area (Å²) in [5, 5.41) is 7.68. The number of benzene rings is 7. The van der Waals surface area contributed by atoms with Gasteiger partial charge in [0.2, 0.25) is 0 Å². The Morgan fingerprint density at radius 3 is 1.64 bits per heavy atom. The number of fused-ring (bicyclic) bond motifs is 3. The van der Waals surface area contributed by atoms with Crippen molar-refractivity contribution in [2.45, 2.75) is 12.8 Å². The van der Waals surface area contributed by atoms with Crippen molar-refractivity contribution in [2.24, 2.45) is 0 Å². The predicted molar refractivity (Wildman–Crippen MR) is 182 cm³/mol. The summed E-state index contributed by atoms with van der Waals surface area (Å²) in [6, 6.07) is 51.3. The maximum atomic E-state index is 2.40. The molecule has 8 rings (SSSR count). The maximum Gasteiger partial charge on any atom is -0.00201 e. The van der Waals surface area contributed by atoms with E-state index in [0.717, 1.165) is 12.8 Å². The predicted octanol–water partition coefficient (Wildman–Crippen LogP) is 11.9. The third-order valence-electron chi connectivity index (χ3n) is 8.65. The zero-order valence-electron chi connectivity index (χ0n) is 23.4. The van der Waals surface area contributed by atoms with Crippen molar-refractivity contribution in [1.29, 1.82) is 0 Å². The Balaban J connectivity index is 1.48. The Morgan fingerprint density at radius 1 is 0.381 bits per heavy atom. The summed E-state index contributed by atoms with van der Waals surface area (Å²) >= 11 is 0. The van der Waals surface area contributed by atoms with Crippen molar-refractivity contribution < 1.29 is 0 Å². The molecule has 0 unspecified atom stereocenters. The molecule has 0 spiro atoms. The van der Waals surface area contributed by atoms with Crippen LogP contribution in [0, 0.1) is 0 Å². The zero-order valence-corrected chi connectivity index (χ0v) is 23.4. The van der Waals surface area contributed by atoms with E-state index < -0.39 is 0 Å². The molecule has 198 valence electrons. The van der Waals surface area contributed by atoms with Crippen LogP contribution < -0.4 is 0 Å². The Morgan fingerprint density at radius 2 is 0.952 bits per heavy atom. The smallest absolute Gasteiger partial charge is 0.00201 e. The first-order valence-electron chi connectivity index (χ1n) is 14.8. The molecule has 0 atom stereocenters. The van der Waals surface area contributed by atoms with Crippen LogP contribution in [0.15, 0.2) is 158 Å². The highest BCUT2D eigenvalue weighted by molar-refractivity contribution is 6.23. The van der Waals surface area contributed by atoms with Crippen molar-refractivity contribution in [2.75, 3.05) is 0 Å². The van der Waals surface area contributed by atoms with Gasteiger partial charge in [0.15, 0.2) is 0 Å². The summed E-state index contributed by atoms with van der Waals surface area (Å²) in [7, 11) is 0. The SMILES string of the molecule is C1=CC(c2cc(-c3ccccc3)cc(-c3c4ccccc4c(-c4cccc5ccccc45)c4ccccc34)c2)=CCC1. The molecule has 0 heteroatoms. The first-order valence-corrected chi connectivity index (χ1v) is 14.8. The zero-order chi connectivity index (χ0) is 27.9. The fourth-order valence-electron chi connectivity index (χ4n) is 6.74. The van der Waals surface area contributed by atoms with Gasteiger partial charge in [0.05, 0.1) is 0 Å². The molecule has 1 aliphatic carbocycles. The van der Waals surface area contributed by atoms with Crippen LogP contribution in [0.3, 0.4) is 0 Å². The highest BCUT2D eigenvalue weighted by atomic mass is 14.2. The van der Waals surface area contributed by atoms with Gasteiger partial charge in [-0.25, -0.2) is 0 Å². The van der Waals surface area contributed by atoms with Crippen LogP contribution in [-0.2, 0) is 0 Å². The molecule has 0 aliphatic heterocycles. The standard InChI is InChI=1S/C42H30/c1-3-14-29(15-4-1)32-26-33(30-16-5-2-6-17-30)28-34(27-32)41-37-21-9-11-23-39(37)42(40-24-12-10-22-38(40)41)36-25-13-19-31-18-7-8-20-35(31)36/h1,3-5,7-28H,2,6H2. The lowest BCUT2D eigenvalue weighted by Gasteiger charge is -2.20. The van der Waals surface area contributed by atoms with E-state index in [-0.39, 0.29) is 0 Å². The normalized spacial score (nSPS) is 13.1. The monoisotopic (exact) mass is 534 g/mol. The maximum absolute atomic E-state index is 2.40.